The van der Waals surface area contributed by atoms with Crippen LogP contribution < -0.4 is 0 Å². The van der Waals surface area contributed by atoms with E-state index >= 15 is 0 Å². The average molecular weight is 503 g/mol. The standard InChI is InChI=1S/C25H39ClO8/c1-9-13(3)22(29)33-17(12-19(27)24(6,7)31)15(5)16-11-18(26)25(8,32)21(28)20(16)34-23(30)14(4)10-2/h9-10,16-21,27-28,31-32H,5,11-12H2,1-4,6-8H3/b13-9-,14-10-/t16-,17?,18+,19?,20+,21+,25-/m1/s1. The quantitative estimate of drug-likeness (QED) is 0.163. The second kappa shape index (κ2) is 11.8. The van der Waals surface area contributed by atoms with Gasteiger partial charge in [-0.3, -0.25) is 0 Å². The third-order valence-corrected chi connectivity index (χ3v) is 7.17. The Morgan fingerprint density at radius 3 is 2.18 bits per heavy atom. The first-order chi connectivity index (χ1) is 15.5. The van der Waals surface area contributed by atoms with Gasteiger partial charge in [0.25, 0.3) is 0 Å². The highest BCUT2D eigenvalue weighted by molar-refractivity contribution is 6.21. The molecule has 7 atom stereocenters. The minimum absolute atomic E-state index is 0.0482. The molecular formula is C25H39ClO8. The van der Waals surface area contributed by atoms with Gasteiger partial charge in [-0.2, -0.15) is 0 Å². The monoisotopic (exact) mass is 502 g/mol. The van der Waals surface area contributed by atoms with Crippen LogP contribution in [0.3, 0.4) is 0 Å². The number of halogens is 1. The van der Waals surface area contributed by atoms with E-state index in [4.69, 9.17) is 21.1 Å². The van der Waals surface area contributed by atoms with E-state index in [1.807, 2.05) is 0 Å². The largest absolute Gasteiger partial charge is 0.456 e. The molecule has 194 valence electrons. The summed E-state index contributed by atoms with van der Waals surface area (Å²) in [5, 5.41) is 41.5. The highest BCUT2D eigenvalue weighted by Gasteiger charge is 2.54. The molecule has 34 heavy (non-hydrogen) atoms. The summed E-state index contributed by atoms with van der Waals surface area (Å²) in [6.07, 6.45) is -2.24. The zero-order valence-electron chi connectivity index (χ0n) is 21.0. The predicted molar refractivity (Wildman–Crippen MR) is 129 cm³/mol. The molecule has 1 rings (SSSR count). The molecule has 0 heterocycles. The Labute approximate surface area is 206 Å². The van der Waals surface area contributed by atoms with Gasteiger partial charge in [0.05, 0.1) is 17.1 Å². The van der Waals surface area contributed by atoms with Gasteiger partial charge >= 0.3 is 11.9 Å². The van der Waals surface area contributed by atoms with Crippen molar-refractivity contribution in [2.45, 2.75) is 102 Å². The lowest BCUT2D eigenvalue weighted by Gasteiger charge is -2.47. The summed E-state index contributed by atoms with van der Waals surface area (Å²) in [6.45, 7) is 14.7. The molecule has 0 aliphatic heterocycles. The molecule has 1 fully saturated rings. The van der Waals surface area contributed by atoms with E-state index in [9.17, 15) is 30.0 Å². The van der Waals surface area contributed by atoms with Gasteiger partial charge in [0, 0.05) is 23.5 Å². The maximum Gasteiger partial charge on any atom is 0.333 e. The SMILES string of the molecule is C=C(C(CC(O)C(C)(C)O)OC(=O)/C(C)=C\C)[C@H]1C[C@H](Cl)[C@@](C)(O)[C@@H](O)[C@H]1OC(=O)/C(C)=C\C. The molecule has 0 aromatic rings. The third-order valence-electron chi connectivity index (χ3n) is 6.55. The van der Waals surface area contributed by atoms with Gasteiger partial charge in [-0.15, -0.1) is 11.6 Å². The first kappa shape index (κ1) is 30.3. The van der Waals surface area contributed by atoms with Crippen molar-refractivity contribution in [3.63, 3.8) is 0 Å². The molecule has 0 radical (unpaired) electrons. The lowest BCUT2D eigenvalue weighted by Crippen LogP contribution is -2.61. The summed E-state index contributed by atoms with van der Waals surface area (Å²) in [4.78, 5) is 25.1. The van der Waals surface area contributed by atoms with Crippen molar-refractivity contribution in [1.82, 2.24) is 0 Å². The maximum atomic E-state index is 12.5. The molecule has 8 nitrogen and oxygen atoms in total. The lowest BCUT2D eigenvalue weighted by atomic mass is 9.71. The van der Waals surface area contributed by atoms with Gasteiger partial charge in [0.15, 0.2) is 0 Å². The van der Waals surface area contributed by atoms with E-state index in [0.717, 1.165) is 0 Å². The molecule has 0 amide bonds. The molecule has 1 aliphatic carbocycles. The molecule has 0 bridgehead atoms. The number of carbonyl (C=O) groups excluding carboxylic acids is 2. The van der Waals surface area contributed by atoms with Crippen molar-refractivity contribution in [3.8, 4) is 0 Å². The minimum Gasteiger partial charge on any atom is -0.456 e. The van der Waals surface area contributed by atoms with E-state index in [0.29, 0.717) is 11.1 Å². The summed E-state index contributed by atoms with van der Waals surface area (Å²) in [5.41, 5.74) is -2.41. The van der Waals surface area contributed by atoms with Gasteiger partial charge < -0.3 is 29.9 Å². The lowest BCUT2D eigenvalue weighted by molar-refractivity contribution is -0.184. The number of allylic oxidation sites excluding steroid dienone is 2. The van der Waals surface area contributed by atoms with Crippen LogP contribution in [0.2, 0.25) is 0 Å². The van der Waals surface area contributed by atoms with Crippen LogP contribution in [0, 0.1) is 5.92 Å². The number of hydrogen-bond donors (Lipinski definition) is 4. The fourth-order valence-corrected chi connectivity index (χ4v) is 3.84. The maximum absolute atomic E-state index is 12.5. The van der Waals surface area contributed by atoms with Gasteiger partial charge in [0.1, 0.15) is 23.9 Å². The molecule has 0 aromatic heterocycles. The molecule has 4 N–H and O–H groups in total. The summed E-state index contributed by atoms with van der Waals surface area (Å²) >= 11 is 6.39. The zero-order chi connectivity index (χ0) is 26.6. The topological polar surface area (TPSA) is 134 Å². The number of hydrogen-bond acceptors (Lipinski definition) is 8. The predicted octanol–water partition coefficient (Wildman–Crippen LogP) is 2.56. The molecule has 9 heteroatoms. The Bertz CT molecular complexity index is 823. The zero-order valence-corrected chi connectivity index (χ0v) is 21.8. The molecule has 1 saturated carbocycles. The number of carbonyl (C=O) groups is 2. The minimum atomic E-state index is -1.77. The van der Waals surface area contributed by atoms with Crippen LogP contribution >= 0.6 is 11.6 Å². The second-order valence-corrected chi connectivity index (χ2v) is 10.2. The van der Waals surface area contributed by atoms with E-state index in [1.54, 1.807) is 39.8 Å². The Hall–Kier alpha value is -1.71. The molecular weight excluding hydrogens is 464 g/mol. The fraction of sp³-hybridized carbons (Fsp3) is 0.680. The molecule has 2 unspecified atom stereocenters. The number of rotatable bonds is 9. The number of esters is 2. The van der Waals surface area contributed by atoms with E-state index < -0.39 is 58.9 Å². The van der Waals surface area contributed by atoms with E-state index in [1.165, 1.54) is 20.8 Å². The van der Waals surface area contributed by atoms with Crippen LogP contribution in [0.15, 0.2) is 35.5 Å². The number of aliphatic hydroxyl groups is 4. The van der Waals surface area contributed by atoms with Crippen LogP contribution in [-0.4, -0.2) is 73.4 Å². The fourth-order valence-electron chi connectivity index (χ4n) is 3.52. The van der Waals surface area contributed by atoms with Crippen molar-refractivity contribution in [2.24, 2.45) is 5.92 Å². The molecule has 0 aromatic carbocycles. The summed E-state index contributed by atoms with van der Waals surface area (Å²) in [6, 6.07) is 0. The molecule has 0 saturated heterocycles. The van der Waals surface area contributed by atoms with E-state index in [2.05, 4.69) is 6.58 Å². The van der Waals surface area contributed by atoms with Crippen LogP contribution in [0.25, 0.3) is 0 Å². The number of alkyl halides is 1. The average Bonchev–Trinajstić information content (AvgIpc) is 2.76. The Morgan fingerprint density at radius 1 is 1.21 bits per heavy atom. The van der Waals surface area contributed by atoms with Gasteiger partial charge in [0.2, 0.25) is 0 Å². The smallest absolute Gasteiger partial charge is 0.333 e. The van der Waals surface area contributed by atoms with Crippen LogP contribution in [0.1, 0.15) is 61.3 Å². The Kier molecular flexibility index (Phi) is 10.5. The third kappa shape index (κ3) is 7.15. The van der Waals surface area contributed by atoms with Gasteiger partial charge in [-0.05, 0) is 60.5 Å². The summed E-state index contributed by atoms with van der Waals surface area (Å²) in [5.74, 6) is -2.16. The van der Waals surface area contributed by atoms with Crippen molar-refractivity contribution in [3.05, 3.63) is 35.5 Å². The van der Waals surface area contributed by atoms with Crippen LogP contribution in [0.5, 0.6) is 0 Å². The number of ether oxygens (including phenoxy) is 2. The van der Waals surface area contributed by atoms with Crippen molar-refractivity contribution >= 4 is 23.5 Å². The highest BCUT2D eigenvalue weighted by atomic mass is 35.5. The first-order valence-corrected chi connectivity index (χ1v) is 11.7. The highest BCUT2D eigenvalue weighted by Crippen LogP contribution is 2.42. The molecule has 0 spiro atoms. The first-order valence-electron chi connectivity index (χ1n) is 11.3. The van der Waals surface area contributed by atoms with E-state index in [-0.39, 0.29) is 18.4 Å². The van der Waals surface area contributed by atoms with Crippen LogP contribution in [-0.2, 0) is 19.1 Å². The van der Waals surface area contributed by atoms with Crippen molar-refractivity contribution < 1.29 is 39.5 Å². The van der Waals surface area contributed by atoms with Crippen LogP contribution in [0.4, 0.5) is 0 Å². The van der Waals surface area contributed by atoms with Gasteiger partial charge in [-0.1, -0.05) is 18.7 Å². The van der Waals surface area contributed by atoms with Crippen molar-refractivity contribution in [2.75, 3.05) is 0 Å². The normalized spacial score (nSPS) is 30.4. The number of aliphatic hydroxyl groups excluding tert-OH is 2. The van der Waals surface area contributed by atoms with Crippen molar-refractivity contribution in [1.29, 1.82) is 0 Å². The molecule has 1 aliphatic rings. The Morgan fingerprint density at radius 2 is 1.71 bits per heavy atom. The van der Waals surface area contributed by atoms with Gasteiger partial charge in [-0.25, -0.2) is 9.59 Å². The summed E-state index contributed by atoms with van der Waals surface area (Å²) in [7, 11) is 0. The second-order valence-electron chi connectivity index (χ2n) is 9.67. The Balaban J connectivity index is 3.42. The summed E-state index contributed by atoms with van der Waals surface area (Å²) < 4.78 is 11.2.